The summed E-state index contributed by atoms with van der Waals surface area (Å²) >= 11 is 0. The van der Waals surface area contributed by atoms with Gasteiger partial charge in [0.15, 0.2) is 0 Å². The van der Waals surface area contributed by atoms with Gasteiger partial charge in [-0.3, -0.25) is 0 Å². The van der Waals surface area contributed by atoms with Crippen molar-refractivity contribution in [2.45, 2.75) is 77.1 Å². The molecule has 3 aromatic rings. The fraction of sp³-hybridized carbons (Fsp3) is 0.452. The van der Waals surface area contributed by atoms with Gasteiger partial charge < -0.3 is 14.4 Å². The van der Waals surface area contributed by atoms with E-state index in [1.807, 2.05) is 25.7 Å². The molecule has 1 amide bonds. The number of piperidine rings is 1. The van der Waals surface area contributed by atoms with Gasteiger partial charge in [-0.1, -0.05) is 54.6 Å². The van der Waals surface area contributed by atoms with Crippen LogP contribution in [-0.4, -0.2) is 35.8 Å². The number of fused-ring (bicyclic) bond motifs is 2. The minimum Gasteiger partial charge on any atom is -0.444 e. The largest absolute Gasteiger partial charge is 0.444 e. The van der Waals surface area contributed by atoms with Crippen molar-refractivity contribution in [3.05, 3.63) is 82.9 Å². The van der Waals surface area contributed by atoms with E-state index in [2.05, 4.69) is 60.7 Å². The third-order valence-electron chi connectivity index (χ3n) is 7.29. The summed E-state index contributed by atoms with van der Waals surface area (Å²) in [6.07, 6.45) is 5.47. The molecular weight excluding hydrogens is 434 g/mol. The third-order valence-corrected chi connectivity index (χ3v) is 7.29. The Labute approximate surface area is 209 Å². The van der Waals surface area contributed by atoms with E-state index in [9.17, 15) is 4.79 Å². The predicted octanol–water partition coefficient (Wildman–Crippen LogP) is 7.03. The number of hydrogen-bond acceptors (Lipinski definition) is 3. The van der Waals surface area contributed by atoms with Crippen molar-refractivity contribution in [3.63, 3.8) is 0 Å². The van der Waals surface area contributed by atoms with Crippen LogP contribution in [0.2, 0.25) is 0 Å². The Morgan fingerprint density at radius 2 is 1.71 bits per heavy atom. The molecule has 2 aliphatic rings. The molecule has 2 unspecified atom stereocenters. The topological polar surface area (TPSA) is 38.8 Å². The van der Waals surface area contributed by atoms with E-state index in [0.29, 0.717) is 19.7 Å². The fourth-order valence-electron chi connectivity index (χ4n) is 5.47. The molecule has 184 valence electrons. The minimum atomic E-state index is -0.506. The van der Waals surface area contributed by atoms with Crippen molar-refractivity contribution in [3.8, 4) is 0 Å². The Bertz CT molecular complexity index is 1200. The molecule has 1 aliphatic heterocycles. The zero-order chi connectivity index (χ0) is 24.4. The van der Waals surface area contributed by atoms with Crippen molar-refractivity contribution < 1.29 is 14.3 Å². The standard InChI is InChI=1S/C31H37NO3/c1-31(2,3)35-30(33)32-17-16-28(27-15-14-24-9-5-7-11-26(24)19-27)29(20-32)34-21-22-12-13-23-8-4-6-10-25(23)18-22/h4,6,8,10,12-15,18-19,28-29H,5,7,9,11,16-17,20-21H2,1-3H3. The van der Waals surface area contributed by atoms with Crippen molar-refractivity contribution in [1.29, 1.82) is 0 Å². The van der Waals surface area contributed by atoms with Gasteiger partial charge in [0, 0.05) is 12.5 Å². The summed E-state index contributed by atoms with van der Waals surface area (Å²) in [6, 6.07) is 21.9. The molecular formula is C31H37NO3. The first-order chi connectivity index (χ1) is 16.9. The van der Waals surface area contributed by atoms with Crippen LogP contribution in [0.15, 0.2) is 60.7 Å². The molecule has 1 aliphatic carbocycles. The zero-order valence-corrected chi connectivity index (χ0v) is 21.3. The first kappa shape index (κ1) is 23.9. The fourth-order valence-corrected chi connectivity index (χ4v) is 5.47. The number of hydrogen-bond donors (Lipinski definition) is 0. The molecule has 0 N–H and O–H groups in total. The molecule has 3 aromatic carbocycles. The molecule has 0 radical (unpaired) electrons. The Hall–Kier alpha value is -2.85. The lowest BCUT2D eigenvalue weighted by atomic mass is 9.83. The van der Waals surface area contributed by atoms with Gasteiger partial charge in [-0.25, -0.2) is 4.79 Å². The summed E-state index contributed by atoms with van der Waals surface area (Å²) in [5, 5.41) is 2.45. The molecule has 4 heteroatoms. The Morgan fingerprint density at radius 3 is 2.51 bits per heavy atom. The molecule has 35 heavy (non-hydrogen) atoms. The highest BCUT2D eigenvalue weighted by molar-refractivity contribution is 5.82. The second-order valence-corrected chi connectivity index (χ2v) is 11.1. The Kier molecular flexibility index (Phi) is 6.84. The van der Waals surface area contributed by atoms with E-state index < -0.39 is 5.60 Å². The maximum absolute atomic E-state index is 12.9. The molecule has 0 spiro atoms. The number of rotatable bonds is 4. The molecule has 0 aromatic heterocycles. The van der Waals surface area contributed by atoms with Crippen molar-refractivity contribution in [2.24, 2.45) is 0 Å². The van der Waals surface area contributed by atoms with E-state index in [1.54, 1.807) is 0 Å². The van der Waals surface area contributed by atoms with Gasteiger partial charge in [0.25, 0.3) is 0 Å². The van der Waals surface area contributed by atoms with Crippen LogP contribution in [0.4, 0.5) is 4.79 Å². The van der Waals surface area contributed by atoms with Gasteiger partial charge in [-0.05, 0) is 92.0 Å². The van der Waals surface area contributed by atoms with Gasteiger partial charge >= 0.3 is 6.09 Å². The van der Waals surface area contributed by atoms with Crippen LogP contribution in [-0.2, 0) is 28.9 Å². The second-order valence-electron chi connectivity index (χ2n) is 11.1. The van der Waals surface area contributed by atoms with E-state index in [-0.39, 0.29) is 18.1 Å². The summed E-state index contributed by atoms with van der Waals surface area (Å²) in [5.74, 6) is 0.265. The number of carbonyl (C=O) groups is 1. The average Bonchev–Trinajstić information content (AvgIpc) is 2.86. The highest BCUT2D eigenvalue weighted by Gasteiger charge is 2.35. The van der Waals surface area contributed by atoms with Crippen LogP contribution in [0.1, 0.15) is 68.2 Å². The van der Waals surface area contributed by atoms with Crippen LogP contribution < -0.4 is 0 Å². The lowest BCUT2D eigenvalue weighted by Crippen LogP contribution is -2.48. The summed E-state index contributed by atoms with van der Waals surface area (Å²) < 4.78 is 12.3. The SMILES string of the molecule is CC(C)(C)OC(=O)N1CCC(c2ccc3c(c2)CCCC3)C(OCc2ccc3ccccc3c2)C1. The predicted molar refractivity (Wildman–Crippen MR) is 141 cm³/mol. The summed E-state index contributed by atoms with van der Waals surface area (Å²) in [4.78, 5) is 14.7. The Morgan fingerprint density at radius 1 is 0.943 bits per heavy atom. The molecule has 4 nitrogen and oxygen atoms in total. The molecule has 1 saturated heterocycles. The number of ether oxygens (including phenoxy) is 2. The quantitative estimate of drug-likeness (QED) is 0.410. The first-order valence-electron chi connectivity index (χ1n) is 13.0. The van der Waals surface area contributed by atoms with Gasteiger partial charge in [-0.15, -0.1) is 0 Å². The maximum atomic E-state index is 12.9. The number of likely N-dealkylation sites (tertiary alicyclic amines) is 1. The Balaban J connectivity index is 1.36. The zero-order valence-electron chi connectivity index (χ0n) is 21.3. The maximum Gasteiger partial charge on any atom is 0.410 e. The molecule has 1 fully saturated rings. The number of benzene rings is 3. The molecule has 0 bridgehead atoms. The van der Waals surface area contributed by atoms with E-state index in [4.69, 9.17) is 9.47 Å². The number of nitrogens with zero attached hydrogens (tertiary/aromatic N) is 1. The van der Waals surface area contributed by atoms with E-state index >= 15 is 0 Å². The van der Waals surface area contributed by atoms with E-state index in [0.717, 1.165) is 12.0 Å². The van der Waals surface area contributed by atoms with Gasteiger partial charge in [0.2, 0.25) is 0 Å². The highest BCUT2D eigenvalue weighted by Crippen LogP contribution is 2.34. The lowest BCUT2D eigenvalue weighted by Gasteiger charge is -2.39. The van der Waals surface area contributed by atoms with Crippen molar-refractivity contribution in [1.82, 2.24) is 4.90 Å². The smallest absolute Gasteiger partial charge is 0.410 e. The monoisotopic (exact) mass is 471 g/mol. The summed E-state index contributed by atoms with van der Waals surface area (Å²) in [6.45, 7) is 7.51. The lowest BCUT2D eigenvalue weighted by molar-refractivity contribution is -0.0359. The van der Waals surface area contributed by atoms with E-state index in [1.165, 1.54) is 53.1 Å². The minimum absolute atomic E-state index is 0.0793. The molecule has 0 saturated carbocycles. The van der Waals surface area contributed by atoms with Crippen LogP contribution in [0.5, 0.6) is 0 Å². The normalized spacial score (nSPS) is 20.5. The number of aryl methyl sites for hydroxylation is 2. The van der Waals surface area contributed by atoms with Crippen molar-refractivity contribution in [2.75, 3.05) is 13.1 Å². The molecule has 2 atom stereocenters. The number of carbonyl (C=O) groups excluding carboxylic acids is 1. The van der Waals surface area contributed by atoms with Gasteiger partial charge in [0.05, 0.1) is 19.3 Å². The summed E-state index contributed by atoms with van der Waals surface area (Å²) in [5.41, 5.74) is 4.99. The van der Waals surface area contributed by atoms with Crippen molar-refractivity contribution >= 4 is 16.9 Å². The molecule has 5 rings (SSSR count). The number of amides is 1. The highest BCUT2D eigenvalue weighted by atomic mass is 16.6. The van der Waals surface area contributed by atoms with Crippen LogP contribution >= 0.6 is 0 Å². The third kappa shape index (κ3) is 5.70. The van der Waals surface area contributed by atoms with Crippen LogP contribution in [0.3, 0.4) is 0 Å². The first-order valence-corrected chi connectivity index (χ1v) is 13.0. The van der Waals surface area contributed by atoms with Gasteiger partial charge in [-0.2, -0.15) is 0 Å². The van der Waals surface area contributed by atoms with Gasteiger partial charge in [0.1, 0.15) is 5.60 Å². The average molecular weight is 472 g/mol. The van der Waals surface area contributed by atoms with Crippen LogP contribution in [0.25, 0.3) is 10.8 Å². The summed E-state index contributed by atoms with van der Waals surface area (Å²) in [7, 11) is 0. The van der Waals surface area contributed by atoms with Crippen LogP contribution in [0, 0.1) is 0 Å². The molecule has 1 heterocycles. The second kappa shape index (κ2) is 10.0.